The van der Waals surface area contributed by atoms with Crippen molar-refractivity contribution in [2.24, 2.45) is 0 Å². The highest BCUT2D eigenvalue weighted by molar-refractivity contribution is 6.42. The Hall–Kier alpha value is -1.49. The number of benzene rings is 1. The number of aromatic nitrogens is 2. The van der Waals surface area contributed by atoms with Gasteiger partial charge in [0.15, 0.2) is 5.82 Å². The molecule has 2 heterocycles. The highest BCUT2D eigenvalue weighted by Crippen LogP contribution is 2.30. The Kier molecular flexibility index (Phi) is 4.67. The molecule has 0 atom stereocenters. The summed E-state index contributed by atoms with van der Waals surface area (Å²) >= 11 is 12.3. The second-order valence-electron chi connectivity index (χ2n) is 6.03. The zero-order chi connectivity index (χ0) is 16.6. The van der Waals surface area contributed by atoms with E-state index in [2.05, 4.69) is 41.4 Å². The standard InChI is InChI=1S/C17H20Cl2N4/c1-21(2)7-5-8-22(3)17-15-6-4-9-23(15)16-11-13(19)12(18)10-14(16)20-17/h4,6,9-11H,5,7-8H2,1-3H3. The maximum atomic E-state index is 6.17. The zero-order valence-electron chi connectivity index (χ0n) is 13.6. The van der Waals surface area contributed by atoms with E-state index in [0.717, 1.165) is 41.9 Å². The molecule has 0 aliphatic rings. The lowest BCUT2D eigenvalue weighted by Gasteiger charge is -2.21. The molecule has 0 saturated heterocycles. The molecule has 0 aliphatic carbocycles. The van der Waals surface area contributed by atoms with E-state index >= 15 is 0 Å². The summed E-state index contributed by atoms with van der Waals surface area (Å²) in [5.41, 5.74) is 2.88. The maximum Gasteiger partial charge on any atom is 0.153 e. The van der Waals surface area contributed by atoms with Gasteiger partial charge in [-0.3, -0.25) is 0 Å². The number of hydrogen-bond acceptors (Lipinski definition) is 3. The first-order valence-electron chi connectivity index (χ1n) is 7.59. The van der Waals surface area contributed by atoms with Crippen LogP contribution in [0.25, 0.3) is 16.6 Å². The number of halogens is 2. The van der Waals surface area contributed by atoms with Crippen LogP contribution < -0.4 is 4.90 Å². The van der Waals surface area contributed by atoms with Crippen LogP contribution in [0, 0.1) is 0 Å². The van der Waals surface area contributed by atoms with Gasteiger partial charge in [0.1, 0.15) is 0 Å². The number of nitrogens with zero attached hydrogens (tertiary/aromatic N) is 4. The van der Waals surface area contributed by atoms with Crippen molar-refractivity contribution in [3.8, 4) is 0 Å². The molecular formula is C17H20Cl2N4. The van der Waals surface area contributed by atoms with Gasteiger partial charge in [-0.1, -0.05) is 23.2 Å². The second kappa shape index (κ2) is 6.56. The average Bonchev–Trinajstić information content (AvgIpc) is 2.97. The largest absolute Gasteiger partial charge is 0.358 e. The Labute approximate surface area is 146 Å². The molecule has 0 radical (unpaired) electrons. The van der Waals surface area contributed by atoms with Crippen LogP contribution in [0.5, 0.6) is 0 Å². The molecule has 4 nitrogen and oxygen atoms in total. The number of rotatable bonds is 5. The zero-order valence-corrected chi connectivity index (χ0v) is 15.1. The maximum absolute atomic E-state index is 6.17. The monoisotopic (exact) mass is 350 g/mol. The highest BCUT2D eigenvalue weighted by atomic mass is 35.5. The quantitative estimate of drug-likeness (QED) is 0.689. The van der Waals surface area contributed by atoms with E-state index in [4.69, 9.17) is 28.2 Å². The van der Waals surface area contributed by atoms with Crippen molar-refractivity contribution in [2.45, 2.75) is 6.42 Å². The van der Waals surface area contributed by atoms with E-state index < -0.39 is 0 Å². The van der Waals surface area contributed by atoms with Gasteiger partial charge in [-0.2, -0.15) is 0 Å². The summed E-state index contributed by atoms with van der Waals surface area (Å²) < 4.78 is 2.11. The minimum Gasteiger partial charge on any atom is -0.358 e. The van der Waals surface area contributed by atoms with E-state index in [0.29, 0.717) is 10.0 Å². The molecule has 122 valence electrons. The summed E-state index contributed by atoms with van der Waals surface area (Å²) in [7, 11) is 6.25. The first-order valence-corrected chi connectivity index (χ1v) is 8.34. The van der Waals surface area contributed by atoms with Crippen LogP contribution in [-0.2, 0) is 0 Å². The Morgan fingerprint density at radius 2 is 1.78 bits per heavy atom. The fraction of sp³-hybridized carbons (Fsp3) is 0.353. The van der Waals surface area contributed by atoms with E-state index in [-0.39, 0.29) is 0 Å². The minimum absolute atomic E-state index is 0.527. The molecule has 1 aromatic carbocycles. The molecule has 0 bridgehead atoms. The number of fused-ring (bicyclic) bond motifs is 3. The second-order valence-corrected chi connectivity index (χ2v) is 6.85. The topological polar surface area (TPSA) is 23.8 Å². The lowest BCUT2D eigenvalue weighted by Crippen LogP contribution is -2.24. The third-order valence-corrected chi connectivity index (χ3v) is 4.66. The van der Waals surface area contributed by atoms with Crippen LogP contribution in [0.3, 0.4) is 0 Å². The fourth-order valence-electron chi connectivity index (χ4n) is 2.76. The SMILES string of the molecule is CN(C)CCCN(C)c1nc2cc(Cl)c(Cl)cc2n2cccc12. The number of anilines is 1. The Morgan fingerprint density at radius 3 is 2.52 bits per heavy atom. The predicted molar refractivity (Wildman–Crippen MR) is 99.2 cm³/mol. The van der Waals surface area contributed by atoms with Crippen molar-refractivity contribution in [3.63, 3.8) is 0 Å². The molecule has 0 aliphatic heterocycles. The third-order valence-electron chi connectivity index (χ3n) is 3.94. The van der Waals surface area contributed by atoms with Crippen LogP contribution >= 0.6 is 23.2 Å². The van der Waals surface area contributed by atoms with E-state index in [1.807, 2.05) is 24.4 Å². The van der Waals surface area contributed by atoms with Crippen LogP contribution in [0.4, 0.5) is 5.82 Å². The molecule has 3 aromatic rings. The summed E-state index contributed by atoms with van der Waals surface area (Å²) in [6.07, 6.45) is 3.11. The summed E-state index contributed by atoms with van der Waals surface area (Å²) in [6, 6.07) is 7.80. The van der Waals surface area contributed by atoms with Crippen LogP contribution in [-0.4, -0.2) is 48.5 Å². The molecule has 2 aromatic heterocycles. The third kappa shape index (κ3) is 3.25. The molecular weight excluding hydrogens is 331 g/mol. The molecule has 6 heteroatoms. The van der Waals surface area contributed by atoms with E-state index in [1.54, 1.807) is 0 Å². The van der Waals surface area contributed by atoms with Crippen molar-refractivity contribution in [1.82, 2.24) is 14.3 Å². The minimum atomic E-state index is 0.527. The van der Waals surface area contributed by atoms with Crippen molar-refractivity contribution < 1.29 is 0 Å². The number of hydrogen-bond donors (Lipinski definition) is 0. The van der Waals surface area contributed by atoms with Gasteiger partial charge in [-0.25, -0.2) is 4.98 Å². The van der Waals surface area contributed by atoms with E-state index in [1.165, 1.54) is 0 Å². The van der Waals surface area contributed by atoms with Crippen molar-refractivity contribution >= 4 is 45.6 Å². The first kappa shape index (κ1) is 16.4. The van der Waals surface area contributed by atoms with Crippen molar-refractivity contribution in [2.75, 3.05) is 39.1 Å². The van der Waals surface area contributed by atoms with Crippen LogP contribution in [0.1, 0.15) is 6.42 Å². The first-order chi connectivity index (χ1) is 11.0. The van der Waals surface area contributed by atoms with Gasteiger partial charge < -0.3 is 14.2 Å². The smallest absolute Gasteiger partial charge is 0.153 e. The van der Waals surface area contributed by atoms with Gasteiger partial charge >= 0.3 is 0 Å². The molecule has 0 spiro atoms. The Balaban J connectivity index is 2.05. The lowest BCUT2D eigenvalue weighted by atomic mass is 10.2. The van der Waals surface area contributed by atoms with Crippen LogP contribution in [0.2, 0.25) is 10.0 Å². The van der Waals surface area contributed by atoms with Gasteiger partial charge in [-0.05, 0) is 51.3 Å². The van der Waals surface area contributed by atoms with Crippen molar-refractivity contribution in [3.05, 3.63) is 40.5 Å². The van der Waals surface area contributed by atoms with Gasteiger partial charge in [0.25, 0.3) is 0 Å². The fourth-order valence-corrected chi connectivity index (χ4v) is 3.08. The van der Waals surface area contributed by atoms with Gasteiger partial charge in [-0.15, -0.1) is 0 Å². The lowest BCUT2D eigenvalue weighted by molar-refractivity contribution is 0.401. The Bertz CT molecular complexity index is 841. The predicted octanol–water partition coefficient (Wildman–Crippen LogP) is 4.18. The van der Waals surface area contributed by atoms with Crippen LogP contribution in [0.15, 0.2) is 30.5 Å². The molecule has 0 saturated carbocycles. The molecule has 23 heavy (non-hydrogen) atoms. The molecule has 0 N–H and O–H groups in total. The average molecular weight is 351 g/mol. The summed E-state index contributed by atoms with van der Waals surface area (Å²) in [4.78, 5) is 9.21. The summed E-state index contributed by atoms with van der Waals surface area (Å²) in [5.74, 6) is 0.958. The molecule has 0 amide bonds. The summed E-state index contributed by atoms with van der Waals surface area (Å²) in [5, 5.41) is 1.07. The van der Waals surface area contributed by atoms with Gasteiger partial charge in [0.05, 0.1) is 26.6 Å². The van der Waals surface area contributed by atoms with Crippen molar-refractivity contribution in [1.29, 1.82) is 0 Å². The van der Waals surface area contributed by atoms with E-state index in [9.17, 15) is 0 Å². The van der Waals surface area contributed by atoms with Gasteiger partial charge in [0.2, 0.25) is 0 Å². The normalized spacial score (nSPS) is 11.7. The molecule has 3 rings (SSSR count). The van der Waals surface area contributed by atoms with Gasteiger partial charge in [0, 0.05) is 19.8 Å². The molecule has 0 fully saturated rings. The highest BCUT2D eigenvalue weighted by Gasteiger charge is 2.13. The summed E-state index contributed by atoms with van der Waals surface area (Å²) in [6.45, 7) is 2.00. The Morgan fingerprint density at radius 1 is 1.04 bits per heavy atom. The molecule has 0 unspecified atom stereocenters.